The van der Waals surface area contributed by atoms with Gasteiger partial charge in [-0.25, -0.2) is 8.42 Å². The molecular weight excluding hydrogens is 305 g/mol. The van der Waals surface area contributed by atoms with Crippen LogP contribution in [0.25, 0.3) is 0 Å². The van der Waals surface area contributed by atoms with Gasteiger partial charge in [-0.1, -0.05) is 18.2 Å². The zero-order valence-corrected chi connectivity index (χ0v) is 13.6. The summed E-state index contributed by atoms with van der Waals surface area (Å²) in [5, 5.41) is 0. The van der Waals surface area contributed by atoms with Gasteiger partial charge >= 0.3 is 0 Å². The van der Waals surface area contributed by atoms with E-state index < -0.39 is 22.7 Å². The lowest BCUT2D eigenvalue weighted by Crippen LogP contribution is -2.34. The molecule has 0 radical (unpaired) electrons. The Balaban J connectivity index is 3.32. The quantitative estimate of drug-likeness (QED) is 0.814. The molecule has 0 aliphatic heterocycles. The normalized spacial score (nSPS) is 15.7. The van der Waals surface area contributed by atoms with Crippen LogP contribution in [0.5, 0.6) is 0 Å². The SMILES string of the molecule is CCOP(O)(=S)N(C(C)C)S(=O)(=O)c1ccccc1. The Kier molecular flexibility index (Phi) is 5.67. The third kappa shape index (κ3) is 3.84. The van der Waals surface area contributed by atoms with E-state index in [1.54, 1.807) is 39.0 Å². The first-order valence-corrected chi connectivity index (χ1v) is 9.87. The fraction of sp³-hybridized carbons (Fsp3) is 0.455. The van der Waals surface area contributed by atoms with Gasteiger partial charge in [0.15, 0.2) is 0 Å². The van der Waals surface area contributed by atoms with Crippen molar-refractivity contribution in [2.45, 2.75) is 31.7 Å². The molecule has 1 aromatic carbocycles. The number of rotatable bonds is 6. The van der Waals surface area contributed by atoms with Gasteiger partial charge in [0.05, 0.1) is 11.5 Å². The van der Waals surface area contributed by atoms with Crippen molar-refractivity contribution < 1.29 is 17.8 Å². The van der Waals surface area contributed by atoms with E-state index in [4.69, 9.17) is 16.3 Å². The first kappa shape index (κ1) is 16.8. The van der Waals surface area contributed by atoms with Crippen LogP contribution in [0.3, 0.4) is 0 Å². The average Bonchev–Trinajstić information content (AvgIpc) is 2.28. The van der Waals surface area contributed by atoms with Crippen molar-refractivity contribution in [3.05, 3.63) is 30.3 Å². The van der Waals surface area contributed by atoms with E-state index in [2.05, 4.69) is 0 Å². The average molecular weight is 323 g/mol. The van der Waals surface area contributed by atoms with Gasteiger partial charge in [-0.3, -0.25) is 0 Å². The van der Waals surface area contributed by atoms with Crippen LogP contribution in [-0.2, 0) is 26.4 Å². The minimum Gasteiger partial charge on any atom is -0.333 e. The second-order valence-corrected chi connectivity index (χ2v) is 9.28. The molecule has 8 heteroatoms. The van der Waals surface area contributed by atoms with Gasteiger partial charge in [0.1, 0.15) is 0 Å². The van der Waals surface area contributed by atoms with E-state index in [1.807, 2.05) is 0 Å². The largest absolute Gasteiger partial charge is 0.333 e. The van der Waals surface area contributed by atoms with E-state index in [-0.39, 0.29) is 11.5 Å². The molecule has 1 aromatic rings. The monoisotopic (exact) mass is 323 g/mol. The topological polar surface area (TPSA) is 66.8 Å². The molecule has 0 fully saturated rings. The van der Waals surface area contributed by atoms with Crippen molar-refractivity contribution in [3.8, 4) is 0 Å². The Labute approximate surface area is 119 Å². The first-order chi connectivity index (χ1) is 8.73. The van der Waals surface area contributed by atoms with Gasteiger partial charge in [0, 0.05) is 6.04 Å². The van der Waals surface area contributed by atoms with Crippen molar-refractivity contribution in [3.63, 3.8) is 0 Å². The second kappa shape index (κ2) is 6.43. The molecular formula is C11H18NO4PS2. The summed E-state index contributed by atoms with van der Waals surface area (Å²) in [6, 6.07) is 7.39. The Morgan fingerprint density at radius 2 is 1.89 bits per heavy atom. The smallest absolute Gasteiger partial charge is 0.275 e. The molecule has 1 atom stereocenters. The lowest BCUT2D eigenvalue weighted by molar-refractivity contribution is 0.285. The van der Waals surface area contributed by atoms with Crippen LogP contribution in [0.1, 0.15) is 20.8 Å². The maximum atomic E-state index is 12.5. The van der Waals surface area contributed by atoms with Crippen molar-refractivity contribution in [1.29, 1.82) is 0 Å². The predicted octanol–water partition coefficient (Wildman–Crippen LogP) is 2.34. The van der Waals surface area contributed by atoms with Crippen LogP contribution in [-0.4, -0.2) is 30.0 Å². The lowest BCUT2D eigenvalue weighted by Gasteiger charge is -2.31. The van der Waals surface area contributed by atoms with Gasteiger partial charge in [0.2, 0.25) is 0 Å². The van der Waals surface area contributed by atoms with E-state index in [1.165, 1.54) is 12.1 Å². The van der Waals surface area contributed by atoms with Crippen LogP contribution in [0.15, 0.2) is 35.2 Å². The van der Waals surface area contributed by atoms with Crippen molar-refractivity contribution in [1.82, 2.24) is 4.08 Å². The van der Waals surface area contributed by atoms with Crippen LogP contribution >= 0.6 is 6.64 Å². The molecule has 0 heterocycles. The molecule has 0 aromatic heterocycles. The Bertz CT molecular complexity index is 559. The van der Waals surface area contributed by atoms with Gasteiger partial charge in [0.25, 0.3) is 16.7 Å². The highest BCUT2D eigenvalue weighted by atomic mass is 32.5. The Hall–Kier alpha value is -0.300. The summed E-state index contributed by atoms with van der Waals surface area (Å²) in [5.41, 5.74) is 0. The Morgan fingerprint density at radius 3 is 2.32 bits per heavy atom. The molecule has 1 unspecified atom stereocenters. The zero-order valence-electron chi connectivity index (χ0n) is 11.1. The van der Waals surface area contributed by atoms with Crippen LogP contribution < -0.4 is 0 Å². The standard InChI is InChI=1S/C11H18NO4PS2/c1-4-16-17(13,18)12(10(2)3)19(14,15)11-8-6-5-7-9-11/h5-10H,4H2,1-3H3,(H,13,18). The highest BCUT2D eigenvalue weighted by Crippen LogP contribution is 2.51. The molecule has 1 rings (SSSR count). The molecule has 0 amide bonds. The molecule has 5 nitrogen and oxygen atoms in total. The first-order valence-electron chi connectivity index (χ1n) is 5.80. The summed E-state index contributed by atoms with van der Waals surface area (Å²) < 4.78 is 31.1. The van der Waals surface area contributed by atoms with Crippen LogP contribution in [0.2, 0.25) is 0 Å². The fourth-order valence-electron chi connectivity index (χ4n) is 1.63. The third-order valence-corrected chi connectivity index (χ3v) is 8.08. The molecule has 108 valence electrons. The second-order valence-electron chi connectivity index (χ2n) is 4.09. The van der Waals surface area contributed by atoms with Gasteiger partial charge in [-0.15, -0.1) is 4.08 Å². The number of hydrogen-bond donors (Lipinski definition) is 1. The molecule has 0 aliphatic carbocycles. The van der Waals surface area contributed by atoms with Gasteiger partial charge in [-0.05, 0) is 44.7 Å². The number of hydrogen-bond acceptors (Lipinski definition) is 4. The predicted molar refractivity (Wildman–Crippen MR) is 78.7 cm³/mol. The fourth-order valence-corrected chi connectivity index (χ4v) is 7.12. The molecule has 0 bridgehead atoms. The zero-order chi connectivity index (χ0) is 14.7. The number of benzene rings is 1. The van der Waals surface area contributed by atoms with Crippen molar-refractivity contribution >= 4 is 28.5 Å². The summed E-state index contributed by atoms with van der Waals surface area (Å²) in [6.07, 6.45) is 0. The minimum absolute atomic E-state index is 0.0895. The molecule has 0 saturated carbocycles. The Morgan fingerprint density at radius 1 is 1.37 bits per heavy atom. The third-order valence-electron chi connectivity index (χ3n) is 2.28. The van der Waals surface area contributed by atoms with Gasteiger partial charge < -0.3 is 9.42 Å². The summed E-state index contributed by atoms with van der Waals surface area (Å²) in [6.45, 7) is 1.54. The number of nitrogens with zero attached hydrogens (tertiary/aromatic N) is 1. The molecule has 0 aliphatic rings. The van der Waals surface area contributed by atoms with Crippen LogP contribution in [0.4, 0.5) is 0 Å². The lowest BCUT2D eigenvalue weighted by atomic mass is 10.4. The van der Waals surface area contributed by atoms with E-state index in [0.717, 1.165) is 4.08 Å². The van der Waals surface area contributed by atoms with Crippen LogP contribution in [0, 0.1) is 0 Å². The van der Waals surface area contributed by atoms with Crippen molar-refractivity contribution in [2.75, 3.05) is 6.61 Å². The van der Waals surface area contributed by atoms with E-state index in [9.17, 15) is 13.3 Å². The summed E-state index contributed by atoms with van der Waals surface area (Å²) in [7, 11) is -3.88. The summed E-state index contributed by atoms with van der Waals surface area (Å²) >= 11 is 4.98. The minimum atomic E-state index is -3.88. The maximum Gasteiger partial charge on any atom is 0.275 e. The molecule has 1 N–H and O–H groups in total. The van der Waals surface area contributed by atoms with Crippen molar-refractivity contribution in [2.24, 2.45) is 0 Å². The van der Waals surface area contributed by atoms with E-state index in [0.29, 0.717) is 0 Å². The van der Waals surface area contributed by atoms with Gasteiger partial charge in [-0.2, -0.15) is 0 Å². The highest BCUT2D eigenvalue weighted by Gasteiger charge is 2.38. The number of sulfonamides is 1. The summed E-state index contributed by atoms with van der Waals surface area (Å²) in [5.74, 6) is 0. The molecule has 19 heavy (non-hydrogen) atoms. The molecule has 0 saturated heterocycles. The molecule has 0 spiro atoms. The maximum absolute atomic E-state index is 12.5. The van der Waals surface area contributed by atoms with E-state index >= 15 is 0 Å². The highest BCUT2D eigenvalue weighted by molar-refractivity contribution is 8.13. The summed E-state index contributed by atoms with van der Waals surface area (Å²) in [4.78, 5) is 10.3.